The lowest BCUT2D eigenvalue weighted by atomic mass is 9.97. The highest BCUT2D eigenvalue weighted by Crippen LogP contribution is 2.45. The van der Waals surface area contributed by atoms with Crippen molar-refractivity contribution in [3.8, 4) is 5.75 Å². The molecule has 0 saturated heterocycles. The summed E-state index contributed by atoms with van der Waals surface area (Å²) in [5.41, 5.74) is -0.251. The number of benzene rings is 2. The molecule has 3 nitrogen and oxygen atoms in total. The van der Waals surface area contributed by atoms with Crippen LogP contribution in [0.25, 0.3) is 0 Å². The average Bonchev–Trinajstić information content (AvgIpc) is 2.51. The van der Waals surface area contributed by atoms with Gasteiger partial charge in [-0.25, -0.2) is 17.2 Å². The Morgan fingerprint density at radius 1 is 1.09 bits per heavy atom. The molecule has 2 aromatic carbocycles. The van der Waals surface area contributed by atoms with E-state index in [0.29, 0.717) is 5.02 Å². The van der Waals surface area contributed by atoms with E-state index in [1.165, 1.54) is 24.3 Å². The van der Waals surface area contributed by atoms with Gasteiger partial charge in [-0.1, -0.05) is 18.5 Å². The molecule has 0 amide bonds. The molecule has 1 heterocycles. The van der Waals surface area contributed by atoms with Crippen molar-refractivity contribution in [2.75, 3.05) is 6.61 Å². The maximum absolute atomic E-state index is 14.3. The Hall–Kier alpha value is -1.66. The van der Waals surface area contributed by atoms with Crippen LogP contribution in [-0.2, 0) is 9.84 Å². The third-order valence-electron chi connectivity index (χ3n) is 3.86. The Balaban J connectivity index is 2.20. The van der Waals surface area contributed by atoms with E-state index >= 15 is 0 Å². The summed E-state index contributed by atoms with van der Waals surface area (Å²) in [7, 11) is -3.93. The first-order valence-electron chi connectivity index (χ1n) is 6.92. The van der Waals surface area contributed by atoms with Crippen LogP contribution < -0.4 is 4.74 Å². The van der Waals surface area contributed by atoms with Crippen LogP contribution in [0.5, 0.6) is 5.75 Å². The molecule has 1 aliphatic rings. The highest BCUT2D eigenvalue weighted by molar-refractivity contribution is 7.91. The van der Waals surface area contributed by atoms with E-state index in [1.54, 1.807) is 6.92 Å². The van der Waals surface area contributed by atoms with E-state index < -0.39 is 32.6 Å². The van der Waals surface area contributed by atoms with Crippen molar-refractivity contribution < 1.29 is 21.9 Å². The first-order chi connectivity index (χ1) is 10.8. The third kappa shape index (κ3) is 2.70. The monoisotopic (exact) mass is 358 g/mol. The van der Waals surface area contributed by atoms with Crippen LogP contribution in [0.2, 0.25) is 5.02 Å². The third-order valence-corrected chi connectivity index (χ3v) is 6.41. The molecule has 122 valence electrons. The largest absolute Gasteiger partial charge is 0.490 e. The fraction of sp³-hybridized carbons (Fsp3) is 0.250. The minimum Gasteiger partial charge on any atom is -0.490 e. The van der Waals surface area contributed by atoms with Gasteiger partial charge in [0.2, 0.25) is 0 Å². The summed E-state index contributed by atoms with van der Waals surface area (Å²) in [6.07, 6.45) is 0. The number of rotatable bonds is 2. The molecule has 0 N–H and O–H groups in total. The number of hydrogen-bond acceptors (Lipinski definition) is 3. The van der Waals surface area contributed by atoms with Gasteiger partial charge >= 0.3 is 0 Å². The number of fused-ring (bicyclic) bond motifs is 1. The molecule has 3 rings (SSSR count). The predicted molar refractivity (Wildman–Crippen MR) is 82.4 cm³/mol. The summed E-state index contributed by atoms with van der Waals surface area (Å²) < 4.78 is 59.3. The standard InChI is InChI=1S/C16H13ClF2O3S/c1-9-8-22-15-13(19)7-6-12(18)14(15)16(9)23(20,21)11-4-2-10(17)3-5-11/h2-7,9,16H,8H2,1H3/t9?,16-/m1/s1. The molecular formula is C16H13ClF2O3S. The minimum atomic E-state index is -3.93. The normalized spacial score (nSPS) is 20.7. The fourth-order valence-corrected chi connectivity index (χ4v) is 4.93. The van der Waals surface area contributed by atoms with Gasteiger partial charge < -0.3 is 4.74 Å². The lowest BCUT2D eigenvalue weighted by Crippen LogP contribution is -2.31. The van der Waals surface area contributed by atoms with Crippen molar-refractivity contribution >= 4 is 21.4 Å². The van der Waals surface area contributed by atoms with E-state index in [0.717, 1.165) is 12.1 Å². The van der Waals surface area contributed by atoms with Crippen molar-refractivity contribution in [2.45, 2.75) is 17.1 Å². The molecule has 2 atom stereocenters. The molecule has 7 heteroatoms. The van der Waals surface area contributed by atoms with Gasteiger partial charge in [0.05, 0.1) is 17.1 Å². The van der Waals surface area contributed by atoms with Gasteiger partial charge in [0, 0.05) is 10.9 Å². The summed E-state index contributed by atoms with van der Waals surface area (Å²) >= 11 is 5.78. The molecule has 0 radical (unpaired) electrons. The quantitative estimate of drug-likeness (QED) is 0.809. The van der Waals surface area contributed by atoms with Gasteiger partial charge in [-0.05, 0) is 36.4 Å². The van der Waals surface area contributed by atoms with Crippen LogP contribution >= 0.6 is 11.6 Å². The van der Waals surface area contributed by atoms with Crippen LogP contribution in [0.1, 0.15) is 17.7 Å². The van der Waals surface area contributed by atoms with Gasteiger partial charge in [-0.15, -0.1) is 0 Å². The van der Waals surface area contributed by atoms with Gasteiger partial charge in [-0.2, -0.15) is 0 Å². The lowest BCUT2D eigenvalue weighted by Gasteiger charge is -2.31. The van der Waals surface area contributed by atoms with Crippen LogP contribution in [-0.4, -0.2) is 15.0 Å². The van der Waals surface area contributed by atoms with Crippen molar-refractivity contribution in [3.05, 3.63) is 58.6 Å². The number of halogens is 3. The highest BCUT2D eigenvalue weighted by atomic mass is 35.5. The Labute approximate surface area is 137 Å². The molecule has 1 aliphatic heterocycles. The van der Waals surface area contributed by atoms with Gasteiger partial charge in [0.25, 0.3) is 0 Å². The molecule has 0 aliphatic carbocycles. The molecule has 0 saturated carbocycles. The number of ether oxygens (including phenoxy) is 1. The molecule has 2 aromatic rings. The van der Waals surface area contributed by atoms with Crippen molar-refractivity contribution in [2.24, 2.45) is 5.92 Å². The molecule has 0 spiro atoms. The Morgan fingerprint density at radius 2 is 1.70 bits per heavy atom. The molecule has 23 heavy (non-hydrogen) atoms. The Morgan fingerprint density at radius 3 is 2.35 bits per heavy atom. The van der Waals surface area contributed by atoms with Crippen LogP contribution in [0.4, 0.5) is 8.78 Å². The van der Waals surface area contributed by atoms with E-state index in [1.807, 2.05) is 0 Å². The molecule has 0 bridgehead atoms. The molecule has 1 unspecified atom stereocenters. The fourth-order valence-electron chi connectivity index (χ4n) is 2.78. The van der Waals surface area contributed by atoms with E-state index in [4.69, 9.17) is 16.3 Å². The average molecular weight is 359 g/mol. The maximum atomic E-state index is 14.3. The summed E-state index contributed by atoms with van der Waals surface area (Å²) in [5.74, 6) is -2.43. The number of sulfone groups is 1. The SMILES string of the molecule is CC1COc2c(F)ccc(F)c2[C@@H]1S(=O)(=O)c1ccc(Cl)cc1. The first-order valence-corrected chi connectivity index (χ1v) is 8.85. The van der Waals surface area contributed by atoms with Crippen molar-refractivity contribution in [1.82, 2.24) is 0 Å². The van der Waals surface area contributed by atoms with E-state index in [2.05, 4.69) is 0 Å². The molecule has 0 aromatic heterocycles. The summed E-state index contributed by atoms with van der Waals surface area (Å²) in [4.78, 5) is 0.00950. The molecular weight excluding hydrogens is 346 g/mol. The zero-order valence-electron chi connectivity index (χ0n) is 12.1. The number of hydrogen-bond donors (Lipinski definition) is 0. The van der Waals surface area contributed by atoms with Crippen LogP contribution in [0.15, 0.2) is 41.3 Å². The summed E-state index contributed by atoms with van der Waals surface area (Å²) in [6.45, 7) is 1.62. The van der Waals surface area contributed by atoms with Gasteiger partial charge in [0.1, 0.15) is 11.1 Å². The Bertz CT molecular complexity index is 850. The minimum absolute atomic E-state index is 0.00907. The second kappa shape index (κ2) is 5.76. The van der Waals surface area contributed by atoms with Crippen LogP contribution in [0.3, 0.4) is 0 Å². The summed E-state index contributed by atoms with van der Waals surface area (Å²) in [5, 5.41) is -0.829. The van der Waals surface area contributed by atoms with E-state index in [9.17, 15) is 17.2 Å². The van der Waals surface area contributed by atoms with Crippen molar-refractivity contribution in [1.29, 1.82) is 0 Å². The smallest absolute Gasteiger partial charge is 0.186 e. The lowest BCUT2D eigenvalue weighted by molar-refractivity contribution is 0.213. The van der Waals surface area contributed by atoms with Gasteiger partial charge in [-0.3, -0.25) is 0 Å². The predicted octanol–water partition coefficient (Wildman–Crippen LogP) is 4.16. The van der Waals surface area contributed by atoms with Gasteiger partial charge in [0.15, 0.2) is 21.4 Å². The summed E-state index contributed by atoms with van der Waals surface area (Å²) in [6, 6.07) is 7.45. The van der Waals surface area contributed by atoms with E-state index in [-0.39, 0.29) is 22.8 Å². The second-order valence-corrected chi connectivity index (χ2v) is 7.99. The maximum Gasteiger partial charge on any atom is 0.186 e. The van der Waals surface area contributed by atoms with Crippen molar-refractivity contribution in [3.63, 3.8) is 0 Å². The zero-order chi connectivity index (χ0) is 16.8. The zero-order valence-corrected chi connectivity index (χ0v) is 13.7. The first kappa shape index (κ1) is 16.2. The topological polar surface area (TPSA) is 43.4 Å². The Kier molecular flexibility index (Phi) is 4.06. The highest BCUT2D eigenvalue weighted by Gasteiger charge is 2.42. The molecule has 0 fully saturated rings. The van der Waals surface area contributed by atoms with Crippen LogP contribution in [0, 0.1) is 17.6 Å². The second-order valence-electron chi connectivity index (χ2n) is 5.48.